The summed E-state index contributed by atoms with van der Waals surface area (Å²) in [5.74, 6) is 0. The highest BCUT2D eigenvalue weighted by atomic mass is 31.1. The van der Waals surface area contributed by atoms with Crippen molar-refractivity contribution in [1.82, 2.24) is 9.78 Å². The van der Waals surface area contributed by atoms with Gasteiger partial charge in [0.15, 0.2) is 0 Å². The van der Waals surface area contributed by atoms with Crippen molar-refractivity contribution in [3.8, 4) is 5.69 Å². The van der Waals surface area contributed by atoms with Gasteiger partial charge in [0.1, 0.15) is 0 Å². The molecule has 0 spiro atoms. The molecule has 26 heavy (non-hydrogen) atoms. The van der Waals surface area contributed by atoms with E-state index in [2.05, 4.69) is 48.9 Å². The highest BCUT2D eigenvalue weighted by Gasteiger charge is 2.33. The van der Waals surface area contributed by atoms with E-state index in [4.69, 9.17) is 5.10 Å². The van der Waals surface area contributed by atoms with Gasteiger partial charge in [0.25, 0.3) is 0 Å². The van der Waals surface area contributed by atoms with Crippen LogP contribution in [0, 0.1) is 13.8 Å². The number of aromatic nitrogens is 2. The zero-order valence-electron chi connectivity index (χ0n) is 16.5. The van der Waals surface area contributed by atoms with Crippen LogP contribution >= 0.6 is 7.92 Å². The highest BCUT2D eigenvalue weighted by molar-refractivity contribution is 7.67. The Bertz CT molecular complexity index is 706. The van der Waals surface area contributed by atoms with Crippen LogP contribution in [0.4, 0.5) is 0 Å². The van der Waals surface area contributed by atoms with E-state index in [1.54, 1.807) is 5.30 Å². The van der Waals surface area contributed by atoms with Gasteiger partial charge in [0.2, 0.25) is 0 Å². The average molecular weight is 369 g/mol. The lowest BCUT2D eigenvalue weighted by molar-refractivity contribution is 0.487. The van der Waals surface area contributed by atoms with Crippen molar-refractivity contribution in [2.24, 2.45) is 0 Å². The summed E-state index contributed by atoms with van der Waals surface area (Å²) in [5, 5.41) is 6.47. The lowest BCUT2D eigenvalue weighted by Gasteiger charge is -2.39. The molecule has 1 aromatic carbocycles. The first-order valence-electron chi connectivity index (χ1n) is 10.6. The number of hydrogen-bond donors (Lipinski definition) is 0. The molecule has 3 heteroatoms. The van der Waals surface area contributed by atoms with E-state index >= 15 is 0 Å². The maximum absolute atomic E-state index is 4.84. The van der Waals surface area contributed by atoms with Crippen LogP contribution in [0.15, 0.2) is 30.3 Å². The topological polar surface area (TPSA) is 17.8 Å². The van der Waals surface area contributed by atoms with E-state index in [0.717, 1.165) is 17.0 Å². The molecule has 0 unspecified atom stereocenters. The largest absolute Gasteiger partial charge is 0.237 e. The SMILES string of the molecule is Cc1cc(C)n(-c2ccccc2P(C2CCCCC2)C2CCCCC2)n1. The molecule has 0 amide bonds. The summed E-state index contributed by atoms with van der Waals surface area (Å²) in [4.78, 5) is 0. The van der Waals surface area contributed by atoms with E-state index < -0.39 is 0 Å². The van der Waals surface area contributed by atoms with Gasteiger partial charge in [0, 0.05) is 11.0 Å². The van der Waals surface area contributed by atoms with Gasteiger partial charge in [-0.25, -0.2) is 4.68 Å². The van der Waals surface area contributed by atoms with Gasteiger partial charge in [0.05, 0.1) is 11.4 Å². The van der Waals surface area contributed by atoms with Gasteiger partial charge < -0.3 is 0 Å². The number of benzene rings is 1. The molecule has 2 nitrogen and oxygen atoms in total. The van der Waals surface area contributed by atoms with Gasteiger partial charge in [-0.15, -0.1) is 0 Å². The Morgan fingerprint density at radius 3 is 1.96 bits per heavy atom. The lowest BCUT2D eigenvalue weighted by Crippen LogP contribution is -2.28. The fourth-order valence-corrected chi connectivity index (χ4v) is 9.06. The van der Waals surface area contributed by atoms with Gasteiger partial charge in [-0.05, 0) is 63.0 Å². The molecule has 0 aliphatic heterocycles. The number of para-hydroxylation sites is 1. The van der Waals surface area contributed by atoms with Crippen LogP contribution in [0.25, 0.3) is 5.69 Å². The fourth-order valence-electron chi connectivity index (χ4n) is 5.14. The second kappa shape index (κ2) is 8.26. The van der Waals surface area contributed by atoms with Crippen LogP contribution < -0.4 is 5.30 Å². The van der Waals surface area contributed by atoms with Crippen LogP contribution in [0.3, 0.4) is 0 Å². The average Bonchev–Trinajstić information content (AvgIpc) is 3.02. The first kappa shape index (κ1) is 18.2. The summed E-state index contributed by atoms with van der Waals surface area (Å²) >= 11 is 0. The predicted octanol–water partition coefficient (Wildman–Crippen LogP) is 6.26. The Balaban J connectivity index is 1.76. The maximum atomic E-state index is 4.84. The van der Waals surface area contributed by atoms with Crippen LogP contribution in [0.5, 0.6) is 0 Å². The number of hydrogen-bond acceptors (Lipinski definition) is 1. The molecule has 140 valence electrons. The molecule has 2 aromatic rings. The molecule has 4 rings (SSSR count). The quantitative estimate of drug-likeness (QED) is 0.582. The highest BCUT2D eigenvalue weighted by Crippen LogP contribution is 2.55. The summed E-state index contributed by atoms with van der Waals surface area (Å²) < 4.78 is 2.21. The molecule has 0 N–H and O–H groups in total. The van der Waals surface area contributed by atoms with Crippen molar-refractivity contribution in [2.45, 2.75) is 89.4 Å². The normalized spacial score (nSPS) is 20.0. The minimum absolute atomic E-state index is 0.100. The van der Waals surface area contributed by atoms with Crippen LogP contribution in [-0.4, -0.2) is 21.1 Å². The van der Waals surface area contributed by atoms with Crippen LogP contribution in [0.1, 0.15) is 75.6 Å². The number of nitrogens with zero attached hydrogens (tertiary/aromatic N) is 2. The summed E-state index contributed by atoms with van der Waals surface area (Å²) in [5.41, 5.74) is 5.61. The first-order valence-corrected chi connectivity index (χ1v) is 12.1. The molecule has 2 saturated carbocycles. The molecule has 0 radical (unpaired) electrons. The second-order valence-corrected chi connectivity index (χ2v) is 11.1. The van der Waals surface area contributed by atoms with Crippen molar-refractivity contribution in [1.29, 1.82) is 0 Å². The third-order valence-electron chi connectivity index (χ3n) is 6.33. The molecular formula is C23H33N2P. The van der Waals surface area contributed by atoms with Crippen LogP contribution in [-0.2, 0) is 0 Å². The number of rotatable bonds is 4. The Hall–Kier alpha value is -1.14. The molecule has 0 bridgehead atoms. The molecule has 2 aliphatic rings. The van der Waals surface area contributed by atoms with E-state index in [9.17, 15) is 0 Å². The van der Waals surface area contributed by atoms with E-state index in [0.29, 0.717) is 0 Å². The van der Waals surface area contributed by atoms with Gasteiger partial charge in [-0.1, -0.05) is 64.6 Å². The standard InChI is InChI=1S/C23H33N2P/c1-18-17-19(2)25(24-18)22-15-9-10-16-23(22)26(20-11-5-3-6-12-20)21-13-7-4-8-14-21/h9-10,15-17,20-21H,3-8,11-14H2,1-2H3. The molecular weight excluding hydrogens is 335 g/mol. The van der Waals surface area contributed by atoms with Gasteiger partial charge in [-0.3, -0.25) is 0 Å². The smallest absolute Gasteiger partial charge is 0.0725 e. The van der Waals surface area contributed by atoms with E-state index in [1.807, 2.05) is 0 Å². The third-order valence-corrected chi connectivity index (χ3v) is 9.87. The van der Waals surface area contributed by atoms with Crippen molar-refractivity contribution in [3.05, 3.63) is 41.7 Å². The fraction of sp³-hybridized carbons (Fsp3) is 0.609. The Kier molecular flexibility index (Phi) is 5.79. The predicted molar refractivity (Wildman–Crippen MR) is 113 cm³/mol. The Morgan fingerprint density at radius 2 is 1.42 bits per heavy atom. The molecule has 0 saturated heterocycles. The summed E-state index contributed by atoms with van der Waals surface area (Å²) in [6, 6.07) is 11.4. The minimum atomic E-state index is -0.100. The van der Waals surface area contributed by atoms with Gasteiger partial charge in [-0.2, -0.15) is 5.10 Å². The molecule has 1 aromatic heterocycles. The Morgan fingerprint density at radius 1 is 0.846 bits per heavy atom. The van der Waals surface area contributed by atoms with Crippen LogP contribution in [0.2, 0.25) is 0 Å². The van der Waals surface area contributed by atoms with E-state index in [1.165, 1.54) is 75.6 Å². The van der Waals surface area contributed by atoms with Gasteiger partial charge >= 0.3 is 0 Å². The molecule has 2 fully saturated rings. The summed E-state index contributed by atoms with van der Waals surface area (Å²) in [7, 11) is -0.100. The second-order valence-electron chi connectivity index (χ2n) is 8.32. The molecule has 1 heterocycles. The maximum Gasteiger partial charge on any atom is 0.0725 e. The zero-order valence-corrected chi connectivity index (χ0v) is 17.3. The van der Waals surface area contributed by atoms with Crippen molar-refractivity contribution >= 4 is 13.2 Å². The van der Waals surface area contributed by atoms with Crippen molar-refractivity contribution in [3.63, 3.8) is 0 Å². The van der Waals surface area contributed by atoms with E-state index in [-0.39, 0.29) is 7.92 Å². The minimum Gasteiger partial charge on any atom is -0.237 e. The summed E-state index contributed by atoms with van der Waals surface area (Å²) in [6.07, 6.45) is 14.5. The molecule has 2 aliphatic carbocycles. The third kappa shape index (κ3) is 3.77. The zero-order chi connectivity index (χ0) is 17.9. The Labute approximate surface area is 160 Å². The summed E-state index contributed by atoms with van der Waals surface area (Å²) in [6.45, 7) is 4.30. The van der Waals surface area contributed by atoms with Crippen molar-refractivity contribution < 1.29 is 0 Å². The number of aryl methyl sites for hydroxylation is 2. The lowest BCUT2D eigenvalue weighted by atomic mass is 9.99. The monoisotopic (exact) mass is 368 g/mol. The van der Waals surface area contributed by atoms with Crippen molar-refractivity contribution in [2.75, 3.05) is 0 Å². The molecule has 0 atom stereocenters. The first-order chi connectivity index (χ1) is 12.7.